The predicted octanol–water partition coefficient (Wildman–Crippen LogP) is 1.14. The summed E-state index contributed by atoms with van der Waals surface area (Å²) in [5.41, 5.74) is 7.00. The molecule has 5 heteroatoms. The summed E-state index contributed by atoms with van der Waals surface area (Å²) in [6, 6.07) is 5.80. The number of nitrogens with two attached hydrogens (primary N) is 1. The highest BCUT2D eigenvalue weighted by atomic mass is 16.2. The van der Waals surface area contributed by atoms with E-state index in [0.717, 1.165) is 5.52 Å². The van der Waals surface area contributed by atoms with Crippen LogP contribution < -0.4 is 5.73 Å². The Hall–Kier alpha value is -1.88. The van der Waals surface area contributed by atoms with Crippen LogP contribution in [0.25, 0.3) is 5.52 Å². The first-order valence-electron chi connectivity index (χ1n) is 6.08. The molecular formula is C13H18N4O. The minimum atomic E-state index is -0.0170. The maximum absolute atomic E-state index is 12.5. The quantitative estimate of drug-likeness (QED) is 0.880. The third-order valence-corrected chi connectivity index (χ3v) is 2.91. The average Bonchev–Trinajstić information content (AvgIpc) is 2.78. The van der Waals surface area contributed by atoms with Crippen molar-refractivity contribution in [3.63, 3.8) is 0 Å². The Morgan fingerprint density at radius 2 is 2.28 bits per heavy atom. The minimum Gasteiger partial charge on any atom is -0.335 e. The molecule has 0 aliphatic carbocycles. The number of nitrogens with zero attached hydrogens (tertiary/aromatic N) is 3. The van der Waals surface area contributed by atoms with E-state index in [-0.39, 0.29) is 11.9 Å². The van der Waals surface area contributed by atoms with Crippen LogP contribution in [0, 0.1) is 0 Å². The zero-order valence-corrected chi connectivity index (χ0v) is 10.7. The van der Waals surface area contributed by atoms with E-state index in [1.54, 1.807) is 15.6 Å². The van der Waals surface area contributed by atoms with Crippen molar-refractivity contribution in [2.45, 2.75) is 19.9 Å². The van der Waals surface area contributed by atoms with E-state index < -0.39 is 0 Å². The van der Waals surface area contributed by atoms with Crippen LogP contribution >= 0.6 is 0 Å². The van der Waals surface area contributed by atoms with Gasteiger partial charge in [0.1, 0.15) is 0 Å². The van der Waals surface area contributed by atoms with Gasteiger partial charge in [0.25, 0.3) is 5.91 Å². The van der Waals surface area contributed by atoms with Crippen molar-refractivity contribution >= 4 is 11.4 Å². The molecule has 5 nitrogen and oxygen atoms in total. The van der Waals surface area contributed by atoms with Gasteiger partial charge in [-0.25, -0.2) is 4.52 Å². The van der Waals surface area contributed by atoms with Gasteiger partial charge in [0, 0.05) is 25.3 Å². The first-order chi connectivity index (χ1) is 8.65. The number of fused-ring (bicyclic) bond motifs is 1. The zero-order chi connectivity index (χ0) is 13.1. The smallest absolute Gasteiger partial charge is 0.257 e. The first kappa shape index (κ1) is 12.6. The van der Waals surface area contributed by atoms with Crippen molar-refractivity contribution in [1.82, 2.24) is 14.5 Å². The summed E-state index contributed by atoms with van der Waals surface area (Å²) in [4.78, 5) is 14.2. The molecule has 0 radical (unpaired) electrons. The second kappa shape index (κ2) is 5.18. The maximum Gasteiger partial charge on any atom is 0.257 e. The van der Waals surface area contributed by atoms with E-state index >= 15 is 0 Å². The summed E-state index contributed by atoms with van der Waals surface area (Å²) in [6.07, 6.45) is 3.44. The molecule has 2 aromatic rings. The van der Waals surface area contributed by atoms with Crippen LogP contribution in [0.15, 0.2) is 30.6 Å². The largest absolute Gasteiger partial charge is 0.335 e. The van der Waals surface area contributed by atoms with Gasteiger partial charge in [0.2, 0.25) is 0 Å². The van der Waals surface area contributed by atoms with Crippen molar-refractivity contribution in [2.24, 2.45) is 5.73 Å². The Labute approximate surface area is 106 Å². The van der Waals surface area contributed by atoms with Crippen molar-refractivity contribution in [3.05, 3.63) is 36.2 Å². The molecule has 96 valence electrons. The lowest BCUT2D eigenvalue weighted by Crippen LogP contribution is -2.40. The molecule has 0 atom stereocenters. The minimum absolute atomic E-state index is 0.0170. The Bertz CT molecular complexity index is 547. The summed E-state index contributed by atoms with van der Waals surface area (Å²) in [6.45, 7) is 4.99. The summed E-state index contributed by atoms with van der Waals surface area (Å²) >= 11 is 0. The van der Waals surface area contributed by atoms with Crippen molar-refractivity contribution in [2.75, 3.05) is 13.1 Å². The third-order valence-electron chi connectivity index (χ3n) is 2.91. The molecule has 0 fully saturated rings. The molecule has 1 amide bonds. The van der Waals surface area contributed by atoms with Crippen LogP contribution in [0.2, 0.25) is 0 Å². The van der Waals surface area contributed by atoms with Gasteiger partial charge in [-0.05, 0) is 26.0 Å². The van der Waals surface area contributed by atoms with E-state index in [4.69, 9.17) is 5.73 Å². The standard InChI is InChI=1S/C13H18N4O/c1-10(2)16(8-6-14)13(18)11-9-15-17-7-4-3-5-12(11)17/h3-5,7,9-10H,6,8,14H2,1-2H3. The molecule has 0 aromatic carbocycles. The number of hydrogen-bond donors (Lipinski definition) is 1. The highest BCUT2D eigenvalue weighted by Crippen LogP contribution is 2.14. The monoisotopic (exact) mass is 246 g/mol. The summed E-state index contributed by atoms with van der Waals surface area (Å²) in [5, 5.41) is 4.18. The fourth-order valence-corrected chi connectivity index (χ4v) is 1.99. The number of rotatable bonds is 4. The second-order valence-corrected chi connectivity index (χ2v) is 4.47. The Morgan fingerprint density at radius 3 is 2.94 bits per heavy atom. The van der Waals surface area contributed by atoms with Gasteiger partial charge in [-0.3, -0.25) is 4.79 Å². The molecule has 0 saturated heterocycles. The molecule has 0 spiro atoms. The first-order valence-corrected chi connectivity index (χ1v) is 6.08. The fraction of sp³-hybridized carbons (Fsp3) is 0.385. The average molecular weight is 246 g/mol. The number of hydrogen-bond acceptors (Lipinski definition) is 3. The van der Waals surface area contributed by atoms with Gasteiger partial charge in [-0.1, -0.05) is 6.07 Å². The normalized spacial score (nSPS) is 11.1. The maximum atomic E-state index is 12.5. The number of carbonyl (C=O) groups excluding carboxylic acids is 1. The molecule has 2 heterocycles. The summed E-state index contributed by atoms with van der Waals surface area (Å²) in [5.74, 6) is -0.0170. The van der Waals surface area contributed by atoms with Gasteiger partial charge in [0.05, 0.1) is 17.3 Å². The lowest BCUT2D eigenvalue weighted by Gasteiger charge is -2.25. The number of pyridine rings is 1. The van der Waals surface area contributed by atoms with Crippen molar-refractivity contribution < 1.29 is 4.79 Å². The molecule has 0 bridgehead atoms. The van der Waals surface area contributed by atoms with Gasteiger partial charge in [-0.15, -0.1) is 0 Å². The van der Waals surface area contributed by atoms with Crippen LogP contribution in [-0.4, -0.2) is 39.6 Å². The number of amides is 1. The second-order valence-electron chi connectivity index (χ2n) is 4.47. The van der Waals surface area contributed by atoms with Crippen LogP contribution in [0.3, 0.4) is 0 Å². The van der Waals surface area contributed by atoms with Gasteiger partial charge in [-0.2, -0.15) is 5.10 Å². The van der Waals surface area contributed by atoms with Crippen molar-refractivity contribution in [3.8, 4) is 0 Å². The highest BCUT2D eigenvalue weighted by Gasteiger charge is 2.21. The third kappa shape index (κ3) is 2.22. The predicted molar refractivity (Wildman–Crippen MR) is 70.4 cm³/mol. The Kier molecular flexibility index (Phi) is 3.62. The number of aromatic nitrogens is 2. The van der Waals surface area contributed by atoms with Crippen LogP contribution in [-0.2, 0) is 0 Å². The van der Waals surface area contributed by atoms with E-state index in [1.807, 2.05) is 38.2 Å². The lowest BCUT2D eigenvalue weighted by atomic mass is 10.2. The Balaban J connectivity index is 2.38. The summed E-state index contributed by atoms with van der Waals surface area (Å²) < 4.78 is 1.70. The van der Waals surface area contributed by atoms with Crippen molar-refractivity contribution in [1.29, 1.82) is 0 Å². The molecule has 2 N–H and O–H groups in total. The molecule has 0 unspecified atom stereocenters. The van der Waals surface area contributed by atoms with E-state index in [9.17, 15) is 4.79 Å². The van der Waals surface area contributed by atoms with Crippen LogP contribution in [0.4, 0.5) is 0 Å². The number of carbonyl (C=O) groups is 1. The molecule has 18 heavy (non-hydrogen) atoms. The van der Waals surface area contributed by atoms with Crippen LogP contribution in [0.1, 0.15) is 24.2 Å². The van der Waals surface area contributed by atoms with E-state index in [1.165, 1.54) is 0 Å². The molecular weight excluding hydrogens is 228 g/mol. The lowest BCUT2D eigenvalue weighted by molar-refractivity contribution is 0.0714. The molecule has 2 aromatic heterocycles. The molecule has 0 aliphatic rings. The fourth-order valence-electron chi connectivity index (χ4n) is 1.99. The van der Waals surface area contributed by atoms with Crippen LogP contribution in [0.5, 0.6) is 0 Å². The summed E-state index contributed by atoms with van der Waals surface area (Å²) in [7, 11) is 0. The SMILES string of the molecule is CC(C)N(CCN)C(=O)c1cnn2ccccc12. The van der Waals surface area contributed by atoms with E-state index in [2.05, 4.69) is 5.10 Å². The molecule has 2 rings (SSSR count). The molecule has 0 aliphatic heterocycles. The van der Waals surface area contributed by atoms with Gasteiger partial charge in [0.15, 0.2) is 0 Å². The highest BCUT2D eigenvalue weighted by molar-refractivity contribution is 6.00. The van der Waals surface area contributed by atoms with E-state index in [0.29, 0.717) is 18.7 Å². The van der Waals surface area contributed by atoms with Gasteiger partial charge >= 0.3 is 0 Å². The Morgan fingerprint density at radius 1 is 1.50 bits per heavy atom. The molecule has 0 saturated carbocycles. The topological polar surface area (TPSA) is 63.6 Å². The van der Waals surface area contributed by atoms with Gasteiger partial charge < -0.3 is 10.6 Å². The zero-order valence-electron chi connectivity index (χ0n) is 10.7.